The predicted octanol–water partition coefficient (Wildman–Crippen LogP) is 3.01. The van der Waals surface area contributed by atoms with E-state index < -0.39 is 5.60 Å². The minimum atomic E-state index is -1.02. The van der Waals surface area contributed by atoms with Crippen molar-refractivity contribution in [3.63, 3.8) is 0 Å². The second kappa shape index (κ2) is 8.35. The minimum Gasteiger partial charge on any atom is -0.497 e. The van der Waals surface area contributed by atoms with Gasteiger partial charge in [0.05, 0.1) is 13.7 Å². The first-order chi connectivity index (χ1) is 10.0. The van der Waals surface area contributed by atoms with Gasteiger partial charge in [0.15, 0.2) is 5.96 Å². The van der Waals surface area contributed by atoms with E-state index in [1.54, 1.807) is 14.0 Å². The molecule has 0 fully saturated rings. The molecule has 0 amide bonds. The number of aliphatic imine (C=N–C) groups is 1. The summed E-state index contributed by atoms with van der Waals surface area (Å²) >= 11 is 1.49. The summed E-state index contributed by atoms with van der Waals surface area (Å²) in [6, 6.07) is 11.2. The summed E-state index contributed by atoms with van der Waals surface area (Å²) in [5.74, 6) is 0.985. The summed E-state index contributed by atoms with van der Waals surface area (Å²) in [4.78, 5) is 5.06. The maximum Gasteiger partial charge on any atom is 0.193 e. The van der Waals surface area contributed by atoms with Gasteiger partial charge in [0.2, 0.25) is 0 Å². The molecule has 0 radical (unpaired) electrons. The number of nitrogens with zero attached hydrogens (tertiary/aromatic N) is 1. The summed E-state index contributed by atoms with van der Waals surface area (Å²) in [7, 11) is 1.61. The number of anilines is 1. The second-order valence-corrected chi connectivity index (χ2v) is 5.76. The van der Waals surface area contributed by atoms with E-state index in [-0.39, 0.29) is 36.5 Å². The quantitative estimate of drug-likeness (QED) is 0.385. The van der Waals surface area contributed by atoms with E-state index in [2.05, 4.69) is 10.3 Å². The molecular formula is C15H20IN3O2S. The Labute approximate surface area is 151 Å². The first-order valence-corrected chi connectivity index (χ1v) is 7.36. The van der Waals surface area contributed by atoms with E-state index in [1.165, 1.54) is 11.3 Å². The summed E-state index contributed by atoms with van der Waals surface area (Å²) in [5.41, 5.74) is 5.61. The SMILES string of the molecule is COc1cccc(NC(N)=NCC(C)(O)c2cccs2)c1.I. The Morgan fingerprint density at radius 3 is 2.82 bits per heavy atom. The number of benzene rings is 1. The molecule has 4 N–H and O–H groups in total. The summed E-state index contributed by atoms with van der Waals surface area (Å²) < 4.78 is 5.14. The Balaban J connectivity index is 0.00000242. The highest BCUT2D eigenvalue weighted by Gasteiger charge is 2.23. The van der Waals surface area contributed by atoms with Gasteiger partial charge in [0.1, 0.15) is 11.4 Å². The first kappa shape index (κ1) is 18.7. The number of hydrogen-bond donors (Lipinski definition) is 3. The van der Waals surface area contributed by atoms with Gasteiger partial charge < -0.3 is 20.9 Å². The van der Waals surface area contributed by atoms with E-state index in [4.69, 9.17) is 10.5 Å². The molecule has 0 saturated carbocycles. The van der Waals surface area contributed by atoms with Gasteiger partial charge in [0.25, 0.3) is 0 Å². The van der Waals surface area contributed by atoms with Crippen molar-refractivity contribution in [1.82, 2.24) is 0 Å². The van der Waals surface area contributed by atoms with E-state index >= 15 is 0 Å². The molecule has 22 heavy (non-hydrogen) atoms. The van der Waals surface area contributed by atoms with Crippen LogP contribution < -0.4 is 15.8 Å². The van der Waals surface area contributed by atoms with Gasteiger partial charge in [0, 0.05) is 16.6 Å². The van der Waals surface area contributed by atoms with Crippen LogP contribution in [0.5, 0.6) is 5.75 Å². The fourth-order valence-electron chi connectivity index (χ4n) is 1.79. The lowest BCUT2D eigenvalue weighted by molar-refractivity contribution is 0.0713. The topological polar surface area (TPSA) is 79.9 Å². The van der Waals surface area contributed by atoms with Crippen molar-refractivity contribution >= 4 is 47.0 Å². The lowest BCUT2D eigenvalue weighted by Crippen LogP contribution is -2.29. The monoisotopic (exact) mass is 433 g/mol. The average Bonchev–Trinajstić information content (AvgIpc) is 3.00. The molecule has 2 aromatic rings. The molecule has 0 aliphatic rings. The molecule has 5 nitrogen and oxygen atoms in total. The van der Waals surface area contributed by atoms with Crippen LogP contribution in [-0.4, -0.2) is 24.7 Å². The molecule has 1 aromatic heterocycles. The average molecular weight is 433 g/mol. The fourth-order valence-corrected chi connectivity index (χ4v) is 2.57. The van der Waals surface area contributed by atoms with Gasteiger partial charge >= 0.3 is 0 Å². The maximum atomic E-state index is 10.4. The van der Waals surface area contributed by atoms with Gasteiger partial charge in [-0.15, -0.1) is 35.3 Å². The summed E-state index contributed by atoms with van der Waals surface area (Å²) in [6.45, 7) is 1.91. The molecule has 0 bridgehead atoms. The van der Waals surface area contributed by atoms with Crippen molar-refractivity contribution in [1.29, 1.82) is 0 Å². The highest BCUT2D eigenvalue weighted by atomic mass is 127. The molecule has 0 spiro atoms. The van der Waals surface area contributed by atoms with E-state index in [1.807, 2.05) is 41.8 Å². The highest BCUT2D eigenvalue weighted by Crippen LogP contribution is 2.25. The number of halogens is 1. The van der Waals surface area contributed by atoms with Crippen LogP contribution in [0.4, 0.5) is 5.69 Å². The van der Waals surface area contributed by atoms with Crippen LogP contribution in [0.3, 0.4) is 0 Å². The molecule has 0 aliphatic heterocycles. The lowest BCUT2D eigenvalue weighted by atomic mass is 10.1. The van der Waals surface area contributed by atoms with Gasteiger partial charge in [-0.1, -0.05) is 12.1 Å². The lowest BCUT2D eigenvalue weighted by Gasteiger charge is -2.19. The minimum absolute atomic E-state index is 0. The van der Waals surface area contributed by atoms with Crippen molar-refractivity contribution < 1.29 is 9.84 Å². The number of ether oxygens (including phenoxy) is 1. The zero-order chi connectivity index (χ0) is 15.3. The third kappa shape index (κ3) is 5.15. The third-order valence-electron chi connectivity index (χ3n) is 2.95. The number of nitrogens with one attached hydrogen (secondary N) is 1. The number of aliphatic hydroxyl groups is 1. The van der Waals surface area contributed by atoms with Crippen LogP contribution in [0.25, 0.3) is 0 Å². The summed E-state index contributed by atoms with van der Waals surface area (Å²) in [5, 5.41) is 15.3. The number of methoxy groups -OCH3 is 1. The largest absolute Gasteiger partial charge is 0.497 e. The van der Waals surface area contributed by atoms with E-state index in [9.17, 15) is 5.11 Å². The molecule has 0 aliphatic carbocycles. The Bertz CT molecular complexity index is 615. The number of thiophene rings is 1. The first-order valence-electron chi connectivity index (χ1n) is 6.48. The third-order valence-corrected chi connectivity index (χ3v) is 4.07. The smallest absolute Gasteiger partial charge is 0.193 e. The van der Waals surface area contributed by atoms with Crippen LogP contribution in [0, 0.1) is 0 Å². The van der Waals surface area contributed by atoms with Crippen molar-refractivity contribution in [2.75, 3.05) is 19.0 Å². The summed E-state index contributed by atoms with van der Waals surface area (Å²) in [6.07, 6.45) is 0. The number of rotatable bonds is 5. The number of nitrogens with two attached hydrogens (primary N) is 1. The fraction of sp³-hybridized carbons (Fsp3) is 0.267. The van der Waals surface area contributed by atoms with Crippen LogP contribution in [-0.2, 0) is 5.60 Å². The molecule has 2 rings (SSSR count). The van der Waals surface area contributed by atoms with Gasteiger partial charge in [-0.05, 0) is 30.5 Å². The van der Waals surface area contributed by atoms with Gasteiger partial charge in [-0.2, -0.15) is 0 Å². The highest BCUT2D eigenvalue weighted by molar-refractivity contribution is 14.0. The van der Waals surface area contributed by atoms with Gasteiger partial charge in [-0.25, -0.2) is 4.99 Å². The standard InChI is InChI=1S/C15H19N3O2S.HI/c1-15(19,13-7-4-8-21-13)10-17-14(16)18-11-5-3-6-12(9-11)20-2;/h3-9,19H,10H2,1-2H3,(H3,16,17,18);1H. The van der Waals surface area contributed by atoms with E-state index in [0.717, 1.165) is 16.3 Å². The normalized spacial score (nSPS) is 13.9. The van der Waals surface area contributed by atoms with Crippen molar-refractivity contribution in [3.8, 4) is 5.75 Å². The predicted molar refractivity (Wildman–Crippen MR) is 102 cm³/mol. The molecule has 1 atom stereocenters. The molecule has 1 aromatic carbocycles. The zero-order valence-electron chi connectivity index (χ0n) is 12.4. The zero-order valence-corrected chi connectivity index (χ0v) is 15.6. The number of hydrogen-bond acceptors (Lipinski definition) is 4. The van der Waals surface area contributed by atoms with Crippen LogP contribution in [0.15, 0.2) is 46.8 Å². The van der Waals surface area contributed by atoms with Crippen LogP contribution in [0.2, 0.25) is 0 Å². The Hall–Kier alpha value is -1.32. The molecular weight excluding hydrogens is 413 g/mol. The van der Waals surface area contributed by atoms with Crippen molar-refractivity contribution in [2.24, 2.45) is 10.7 Å². The Morgan fingerprint density at radius 1 is 1.41 bits per heavy atom. The van der Waals surface area contributed by atoms with Crippen molar-refractivity contribution in [3.05, 3.63) is 46.7 Å². The van der Waals surface area contributed by atoms with Crippen LogP contribution >= 0.6 is 35.3 Å². The van der Waals surface area contributed by atoms with Crippen molar-refractivity contribution in [2.45, 2.75) is 12.5 Å². The molecule has 1 heterocycles. The molecule has 0 saturated heterocycles. The Morgan fingerprint density at radius 2 is 2.18 bits per heavy atom. The second-order valence-electron chi connectivity index (χ2n) is 4.81. The molecule has 120 valence electrons. The Kier molecular flexibility index (Phi) is 7.11. The van der Waals surface area contributed by atoms with E-state index in [0.29, 0.717) is 0 Å². The van der Waals surface area contributed by atoms with Gasteiger partial charge in [-0.3, -0.25) is 0 Å². The maximum absolute atomic E-state index is 10.4. The molecule has 1 unspecified atom stereocenters. The molecule has 7 heteroatoms. The number of guanidine groups is 1. The van der Waals surface area contributed by atoms with Crippen LogP contribution in [0.1, 0.15) is 11.8 Å².